The molecule has 0 bridgehead atoms. The predicted molar refractivity (Wildman–Crippen MR) is 95.3 cm³/mol. The zero-order chi connectivity index (χ0) is 18.7. The maximum Gasteiger partial charge on any atom is 0.224 e. The van der Waals surface area contributed by atoms with E-state index in [0.29, 0.717) is 36.2 Å². The Labute approximate surface area is 151 Å². The molecule has 0 saturated carbocycles. The number of nitrogens with zero attached hydrogens (tertiary/aromatic N) is 4. The topological polar surface area (TPSA) is 94.3 Å². The van der Waals surface area contributed by atoms with Gasteiger partial charge in [-0.3, -0.25) is 0 Å². The van der Waals surface area contributed by atoms with Gasteiger partial charge in [0.2, 0.25) is 5.95 Å². The highest BCUT2D eigenvalue weighted by Gasteiger charge is 2.27. The largest absolute Gasteiger partial charge is 0.394 e. The monoisotopic (exact) mass is 357 g/mol. The minimum Gasteiger partial charge on any atom is -0.394 e. The van der Waals surface area contributed by atoms with E-state index in [1.54, 1.807) is 19.2 Å². The standard InChI is InChI=1S/C18H20FN5O2/c1-11-10-26-14(9-25)8-24(11)17-6-16(22-18(21-2)23-17)12-3-4-13(7-20)15(19)5-12/h3-6,11,14,25H,8-10H2,1-2H3,(H,21,22,23). The van der Waals surface area contributed by atoms with E-state index in [4.69, 9.17) is 10.00 Å². The molecule has 1 aliphatic rings. The summed E-state index contributed by atoms with van der Waals surface area (Å²) < 4.78 is 19.6. The van der Waals surface area contributed by atoms with Crippen molar-refractivity contribution in [3.05, 3.63) is 35.6 Å². The molecule has 2 aromatic rings. The van der Waals surface area contributed by atoms with Gasteiger partial charge in [-0.15, -0.1) is 0 Å². The molecule has 2 atom stereocenters. The van der Waals surface area contributed by atoms with Crippen LogP contribution in [-0.2, 0) is 4.74 Å². The highest BCUT2D eigenvalue weighted by Crippen LogP contribution is 2.27. The molecule has 1 saturated heterocycles. The number of aliphatic hydroxyl groups excluding tert-OH is 1. The lowest BCUT2D eigenvalue weighted by atomic mass is 10.1. The molecule has 0 aliphatic carbocycles. The molecule has 2 N–H and O–H groups in total. The normalized spacial score (nSPS) is 19.9. The van der Waals surface area contributed by atoms with E-state index in [-0.39, 0.29) is 24.3 Å². The molecule has 26 heavy (non-hydrogen) atoms. The first-order chi connectivity index (χ1) is 12.5. The molecule has 8 heteroatoms. The number of anilines is 2. The van der Waals surface area contributed by atoms with Crippen molar-refractivity contribution in [2.75, 3.05) is 37.0 Å². The first-order valence-corrected chi connectivity index (χ1v) is 8.31. The lowest BCUT2D eigenvalue weighted by molar-refractivity contribution is -0.0105. The molecule has 1 aromatic heterocycles. The Balaban J connectivity index is 2.01. The SMILES string of the molecule is CNc1nc(-c2ccc(C#N)c(F)c2)cc(N2CC(CO)OCC2C)n1. The second-order valence-corrected chi connectivity index (χ2v) is 6.13. The Bertz CT molecular complexity index is 839. The van der Waals surface area contributed by atoms with Crippen LogP contribution in [0, 0.1) is 17.1 Å². The van der Waals surface area contributed by atoms with Crippen molar-refractivity contribution in [2.45, 2.75) is 19.1 Å². The molecule has 0 spiro atoms. The van der Waals surface area contributed by atoms with Crippen molar-refractivity contribution in [1.82, 2.24) is 9.97 Å². The third-order valence-corrected chi connectivity index (χ3v) is 4.32. The maximum absolute atomic E-state index is 14.0. The smallest absolute Gasteiger partial charge is 0.224 e. The fourth-order valence-electron chi connectivity index (χ4n) is 2.85. The van der Waals surface area contributed by atoms with E-state index in [2.05, 4.69) is 15.3 Å². The van der Waals surface area contributed by atoms with Crippen molar-refractivity contribution in [2.24, 2.45) is 0 Å². The predicted octanol–water partition coefficient (Wildman–Crippen LogP) is 1.78. The Kier molecular flexibility index (Phi) is 5.30. The number of hydrogen-bond donors (Lipinski definition) is 2. The fourth-order valence-corrected chi connectivity index (χ4v) is 2.85. The van der Waals surface area contributed by atoms with Crippen LogP contribution in [0.5, 0.6) is 0 Å². The number of morpholine rings is 1. The molecule has 2 heterocycles. The number of rotatable bonds is 4. The van der Waals surface area contributed by atoms with Crippen molar-refractivity contribution in [1.29, 1.82) is 5.26 Å². The summed E-state index contributed by atoms with van der Waals surface area (Å²) in [6.45, 7) is 2.92. The van der Waals surface area contributed by atoms with Gasteiger partial charge in [-0.25, -0.2) is 9.37 Å². The highest BCUT2D eigenvalue weighted by molar-refractivity contribution is 5.66. The quantitative estimate of drug-likeness (QED) is 0.861. The van der Waals surface area contributed by atoms with Crippen LogP contribution in [0.3, 0.4) is 0 Å². The number of ether oxygens (including phenoxy) is 1. The summed E-state index contributed by atoms with van der Waals surface area (Å²) in [7, 11) is 1.71. The highest BCUT2D eigenvalue weighted by atomic mass is 19.1. The maximum atomic E-state index is 14.0. The summed E-state index contributed by atoms with van der Waals surface area (Å²) in [5, 5.41) is 21.2. The Morgan fingerprint density at radius 3 is 2.88 bits per heavy atom. The van der Waals surface area contributed by atoms with Crippen molar-refractivity contribution >= 4 is 11.8 Å². The van der Waals surface area contributed by atoms with Crippen LogP contribution in [-0.4, -0.2) is 54.0 Å². The van der Waals surface area contributed by atoms with E-state index in [9.17, 15) is 9.50 Å². The molecule has 1 aromatic carbocycles. The minimum absolute atomic E-state index is 0.00976. The molecule has 136 valence electrons. The van der Waals surface area contributed by atoms with Gasteiger partial charge in [-0.05, 0) is 19.1 Å². The van der Waals surface area contributed by atoms with Crippen molar-refractivity contribution in [3.63, 3.8) is 0 Å². The number of nitriles is 1. The molecule has 1 fully saturated rings. The average Bonchev–Trinajstić information content (AvgIpc) is 2.67. The van der Waals surface area contributed by atoms with Gasteiger partial charge in [0.15, 0.2) is 0 Å². The molecule has 3 rings (SSSR count). The third-order valence-electron chi connectivity index (χ3n) is 4.32. The van der Waals surface area contributed by atoms with Gasteiger partial charge in [0.1, 0.15) is 17.7 Å². The third kappa shape index (κ3) is 3.59. The van der Waals surface area contributed by atoms with Gasteiger partial charge in [0.25, 0.3) is 0 Å². The van der Waals surface area contributed by atoms with Crippen LogP contribution < -0.4 is 10.2 Å². The minimum atomic E-state index is -0.587. The summed E-state index contributed by atoms with van der Waals surface area (Å²) >= 11 is 0. The molecule has 0 amide bonds. The van der Waals surface area contributed by atoms with E-state index in [1.165, 1.54) is 12.1 Å². The van der Waals surface area contributed by atoms with Gasteiger partial charge in [0.05, 0.1) is 36.6 Å². The van der Waals surface area contributed by atoms with Gasteiger partial charge >= 0.3 is 0 Å². The van der Waals surface area contributed by atoms with Gasteiger partial charge < -0.3 is 20.1 Å². The summed E-state index contributed by atoms with van der Waals surface area (Å²) in [6, 6.07) is 8.05. The summed E-state index contributed by atoms with van der Waals surface area (Å²) in [5.74, 6) is 0.483. The van der Waals surface area contributed by atoms with Crippen LogP contribution in [0.2, 0.25) is 0 Å². The van der Waals surface area contributed by atoms with Crippen molar-refractivity contribution in [3.8, 4) is 17.3 Å². The van der Waals surface area contributed by atoms with Gasteiger partial charge in [-0.2, -0.15) is 10.2 Å². The van der Waals surface area contributed by atoms with E-state index in [0.717, 1.165) is 0 Å². The van der Waals surface area contributed by atoms with E-state index < -0.39 is 5.82 Å². The second-order valence-electron chi connectivity index (χ2n) is 6.13. The lowest BCUT2D eigenvalue weighted by Crippen LogP contribution is -2.50. The Morgan fingerprint density at radius 1 is 1.42 bits per heavy atom. The first kappa shape index (κ1) is 18.0. The molecule has 7 nitrogen and oxygen atoms in total. The molecule has 2 unspecified atom stereocenters. The molecule has 0 radical (unpaired) electrons. The van der Waals surface area contributed by atoms with Crippen molar-refractivity contribution < 1.29 is 14.2 Å². The van der Waals surface area contributed by atoms with Crippen LogP contribution in [0.15, 0.2) is 24.3 Å². The average molecular weight is 357 g/mol. The number of benzene rings is 1. The lowest BCUT2D eigenvalue weighted by Gasteiger charge is -2.38. The zero-order valence-electron chi connectivity index (χ0n) is 14.6. The summed E-state index contributed by atoms with van der Waals surface area (Å²) in [6.07, 6.45) is -0.282. The molecular weight excluding hydrogens is 337 g/mol. The Morgan fingerprint density at radius 2 is 2.23 bits per heavy atom. The fraction of sp³-hybridized carbons (Fsp3) is 0.389. The van der Waals surface area contributed by atoms with Gasteiger partial charge in [0, 0.05) is 25.2 Å². The van der Waals surface area contributed by atoms with E-state index in [1.807, 2.05) is 17.9 Å². The number of aromatic nitrogens is 2. The summed E-state index contributed by atoms with van der Waals surface area (Å²) in [4.78, 5) is 10.9. The molecular formula is C18H20FN5O2. The zero-order valence-corrected chi connectivity index (χ0v) is 14.6. The van der Waals surface area contributed by atoms with Crippen LogP contribution >= 0.6 is 0 Å². The second kappa shape index (κ2) is 7.64. The number of halogens is 1. The molecule has 1 aliphatic heterocycles. The number of nitrogens with one attached hydrogen (secondary N) is 1. The number of hydrogen-bond acceptors (Lipinski definition) is 7. The number of aliphatic hydroxyl groups is 1. The van der Waals surface area contributed by atoms with E-state index >= 15 is 0 Å². The van der Waals surface area contributed by atoms with Gasteiger partial charge in [-0.1, -0.05) is 6.07 Å². The van der Waals surface area contributed by atoms with Crippen LogP contribution in [0.1, 0.15) is 12.5 Å². The van der Waals surface area contributed by atoms with Crippen LogP contribution in [0.4, 0.5) is 16.2 Å². The first-order valence-electron chi connectivity index (χ1n) is 8.31. The summed E-state index contributed by atoms with van der Waals surface area (Å²) in [5.41, 5.74) is 1.09. The Hall–Kier alpha value is -2.76. The van der Waals surface area contributed by atoms with Crippen LogP contribution in [0.25, 0.3) is 11.3 Å².